The fraction of sp³-hybridized carbons (Fsp3) is 0.235. The Morgan fingerprint density at radius 2 is 2.00 bits per heavy atom. The van der Waals surface area contributed by atoms with Gasteiger partial charge in [0.2, 0.25) is 0 Å². The second kappa shape index (κ2) is 6.18. The predicted octanol–water partition coefficient (Wildman–Crippen LogP) is 4.68. The van der Waals surface area contributed by atoms with Gasteiger partial charge in [-0.25, -0.2) is 4.98 Å². The summed E-state index contributed by atoms with van der Waals surface area (Å²) in [6.45, 7) is 4.31. The zero-order valence-corrected chi connectivity index (χ0v) is 14.0. The maximum absolute atomic E-state index is 12.5. The van der Waals surface area contributed by atoms with E-state index in [0.29, 0.717) is 20.9 Å². The third-order valence-electron chi connectivity index (χ3n) is 3.59. The molecule has 0 saturated carbocycles. The Balaban J connectivity index is 1.86. The molecule has 0 spiro atoms. The average molecular weight is 328 g/mol. The van der Waals surface area contributed by atoms with Crippen LogP contribution in [0.4, 0.5) is 0 Å². The fourth-order valence-corrected chi connectivity index (χ4v) is 4.12. The molecular formula is C17H16N2OS2. The SMILES string of the molecule is CC(C)c1ccc(/C=C2\SC(=N)[C@H](c3nccs3)C2=O)cc1. The molecule has 1 N–H and O–H groups in total. The van der Waals surface area contributed by atoms with Crippen molar-refractivity contribution in [3.05, 3.63) is 56.9 Å². The molecule has 1 atom stereocenters. The van der Waals surface area contributed by atoms with Gasteiger partial charge >= 0.3 is 0 Å². The van der Waals surface area contributed by atoms with Crippen molar-refractivity contribution in [1.82, 2.24) is 4.98 Å². The molecule has 1 saturated heterocycles. The van der Waals surface area contributed by atoms with E-state index in [0.717, 1.165) is 5.56 Å². The molecule has 3 rings (SSSR count). The minimum atomic E-state index is -0.508. The first kappa shape index (κ1) is 15.2. The van der Waals surface area contributed by atoms with E-state index in [1.165, 1.54) is 28.7 Å². The van der Waals surface area contributed by atoms with Crippen LogP contribution >= 0.6 is 23.1 Å². The molecular weight excluding hydrogens is 312 g/mol. The molecule has 2 heterocycles. The van der Waals surface area contributed by atoms with Crippen molar-refractivity contribution in [2.45, 2.75) is 25.7 Å². The number of carbonyl (C=O) groups is 1. The standard InChI is InChI=1S/C17H16N2OS2/c1-10(2)12-5-3-11(4-6-12)9-13-15(20)14(16(18)22-13)17-19-7-8-21-17/h3-10,14,18H,1-2H3/b13-9-,18-16?/t14-/m1/s1. The van der Waals surface area contributed by atoms with E-state index in [1.807, 2.05) is 23.6 Å². The molecule has 2 aromatic rings. The lowest BCUT2D eigenvalue weighted by Crippen LogP contribution is -2.11. The van der Waals surface area contributed by atoms with Crippen LogP contribution in [0.5, 0.6) is 0 Å². The van der Waals surface area contributed by atoms with Crippen LogP contribution in [-0.4, -0.2) is 15.8 Å². The highest BCUT2D eigenvalue weighted by atomic mass is 32.2. The van der Waals surface area contributed by atoms with Gasteiger partial charge in [-0.3, -0.25) is 10.2 Å². The lowest BCUT2D eigenvalue weighted by atomic mass is 10.0. The molecule has 3 nitrogen and oxygen atoms in total. The number of thiazole rings is 1. The van der Waals surface area contributed by atoms with Crippen LogP contribution in [0.2, 0.25) is 0 Å². The Morgan fingerprint density at radius 3 is 2.59 bits per heavy atom. The summed E-state index contributed by atoms with van der Waals surface area (Å²) >= 11 is 2.67. The van der Waals surface area contributed by atoms with Crippen LogP contribution in [-0.2, 0) is 4.79 Å². The quantitative estimate of drug-likeness (QED) is 0.832. The van der Waals surface area contributed by atoms with E-state index in [2.05, 4.69) is 31.0 Å². The van der Waals surface area contributed by atoms with Crippen molar-refractivity contribution in [3.8, 4) is 0 Å². The topological polar surface area (TPSA) is 53.8 Å². The van der Waals surface area contributed by atoms with Crippen LogP contribution in [0.3, 0.4) is 0 Å². The molecule has 0 unspecified atom stereocenters. The zero-order valence-electron chi connectivity index (χ0n) is 12.4. The molecule has 1 aromatic heterocycles. The number of aromatic nitrogens is 1. The van der Waals surface area contributed by atoms with Gasteiger partial charge in [-0.2, -0.15) is 0 Å². The summed E-state index contributed by atoms with van der Waals surface area (Å²) in [5.41, 5.74) is 2.27. The second-order valence-electron chi connectivity index (χ2n) is 5.46. The first-order valence-electron chi connectivity index (χ1n) is 7.08. The largest absolute Gasteiger partial charge is 0.297 e. The lowest BCUT2D eigenvalue weighted by Gasteiger charge is -2.05. The molecule has 0 bridgehead atoms. The number of Topliss-reactive ketones (excluding diaryl/α,β-unsaturated/α-hetero) is 1. The third kappa shape index (κ3) is 2.91. The lowest BCUT2D eigenvalue weighted by molar-refractivity contribution is -0.114. The smallest absolute Gasteiger partial charge is 0.186 e. The molecule has 0 aliphatic carbocycles. The number of nitrogens with one attached hydrogen (secondary N) is 1. The van der Waals surface area contributed by atoms with E-state index < -0.39 is 5.92 Å². The van der Waals surface area contributed by atoms with Gasteiger partial charge in [-0.05, 0) is 23.1 Å². The summed E-state index contributed by atoms with van der Waals surface area (Å²) in [5.74, 6) is -0.0317. The number of rotatable bonds is 3. The van der Waals surface area contributed by atoms with Crippen molar-refractivity contribution in [2.24, 2.45) is 0 Å². The van der Waals surface area contributed by atoms with Gasteiger partial charge < -0.3 is 0 Å². The maximum Gasteiger partial charge on any atom is 0.186 e. The fourth-order valence-electron chi connectivity index (χ4n) is 2.32. The number of thioether (sulfide) groups is 1. The maximum atomic E-state index is 12.5. The van der Waals surface area contributed by atoms with E-state index in [1.54, 1.807) is 6.20 Å². The highest BCUT2D eigenvalue weighted by Crippen LogP contribution is 2.41. The molecule has 22 heavy (non-hydrogen) atoms. The van der Waals surface area contributed by atoms with Crippen molar-refractivity contribution >= 4 is 40.0 Å². The molecule has 0 radical (unpaired) electrons. The third-order valence-corrected chi connectivity index (χ3v) is 5.42. The molecule has 1 aliphatic rings. The number of allylic oxidation sites excluding steroid dienone is 1. The molecule has 112 valence electrons. The minimum absolute atomic E-state index is 0.0158. The van der Waals surface area contributed by atoms with Gasteiger partial charge in [0.1, 0.15) is 10.9 Å². The Labute approximate surface area is 138 Å². The number of ketones is 1. The predicted molar refractivity (Wildman–Crippen MR) is 93.7 cm³/mol. The summed E-state index contributed by atoms with van der Waals surface area (Å²) in [6, 6.07) is 8.22. The van der Waals surface area contributed by atoms with Crippen LogP contribution in [0.15, 0.2) is 40.7 Å². The number of carbonyl (C=O) groups excluding carboxylic acids is 1. The molecule has 5 heteroatoms. The van der Waals surface area contributed by atoms with Crippen molar-refractivity contribution in [3.63, 3.8) is 0 Å². The molecule has 1 fully saturated rings. The number of nitrogens with zero attached hydrogens (tertiary/aromatic N) is 1. The summed E-state index contributed by atoms with van der Waals surface area (Å²) in [5, 5.41) is 11.0. The Hall–Kier alpha value is -1.72. The Kier molecular flexibility index (Phi) is 4.27. The number of hydrogen-bond acceptors (Lipinski definition) is 5. The Bertz CT molecular complexity index is 731. The van der Waals surface area contributed by atoms with Crippen molar-refractivity contribution < 1.29 is 4.79 Å². The van der Waals surface area contributed by atoms with E-state index >= 15 is 0 Å². The minimum Gasteiger partial charge on any atom is -0.297 e. The molecule has 1 aromatic carbocycles. The van der Waals surface area contributed by atoms with E-state index in [-0.39, 0.29) is 5.78 Å². The summed E-state index contributed by atoms with van der Waals surface area (Å²) in [7, 11) is 0. The highest BCUT2D eigenvalue weighted by molar-refractivity contribution is 8.19. The van der Waals surface area contributed by atoms with Crippen molar-refractivity contribution in [2.75, 3.05) is 0 Å². The van der Waals surface area contributed by atoms with Crippen LogP contribution < -0.4 is 0 Å². The normalized spacial score (nSPS) is 20.3. The van der Waals surface area contributed by atoms with Gasteiger partial charge in [0, 0.05) is 11.6 Å². The van der Waals surface area contributed by atoms with Crippen LogP contribution in [0.1, 0.15) is 41.8 Å². The van der Waals surface area contributed by atoms with Crippen molar-refractivity contribution in [1.29, 1.82) is 5.41 Å². The van der Waals surface area contributed by atoms with Gasteiger partial charge in [-0.1, -0.05) is 49.9 Å². The zero-order chi connectivity index (χ0) is 15.7. The van der Waals surface area contributed by atoms with E-state index in [9.17, 15) is 4.79 Å². The molecule has 0 amide bonds. The Morgan fingerprint density at radius 1 is 1.27 bits per heavy atom. The second-order valence-corrected chi connectivity index (χ2v) is 7.47. The molecule has 1 aliphatic heterocycles. The summed E-state index contributed by atoms with van der Waals surface area (Å²) < 4.78 is 0. The number of hydrogen-bond donors (Lipinski definition) is 1. The van der Waals surface area contributed by atoms with Gasteiger partial charge in [-0.15, -0.1) is 11.3 Å². The first-order valence-corrected chi connectivity index (χ1v) is 8.77. The average Bonchev–Trinajstić information content (AvgIpc) is 3.09. The number of benzene rings is 1. The summed E-state index contributed by atoms with van der Waals surface area (Å²) in [4.78, 5) is 17.3. The van der Waals surface area contributed by atoms with Gasteiger partial charge in [0.05, 0.1) is 9.95 Å². The monoisotopic (exact) mass is 328 g/mol. The van der Waals surface area contributed by atoms with Gasteiger partial charge in [0.25, 0.3) is 0 Å². The van der Waals surface area contributed by atoms with Gasteiger partial charge in [0.15, 0.2) is 5.78 Å². The van der Waals surface area contributed by atoms with Crippen LogP contribution in [0, 0.1) is 5.41 Å². The van der Waals surface area contributed by atoms with E-state index in [4.69, 9.17) is 5.41 Å². The van der Waals surface area contributed by atoms with Crippen LogP contribution in [0.25, 0.3) is 6.08 Å². The first-order chi connectivity index (χ1) is 10.6. The highest BCUT2D eigenvalue weighted by Gasteiger charge is 2.38. The summed E-state index contributed by atoms with van der Waals surface area (Å²) in [6.07, 6.45) is 3.55.